The van der Waals surface area contributed by atoms with Crippen LogP contribution in [-0.2, 0) is 11.8 Å². The van der Waals surface area contributed by atoms with Crippen molar-refractivity contribution >= 4 is 17.3 Å². The van der Waals surface area contributed by atoms with E-state index in [-0.39, 0.29) is 11.8 Å². The summed E-state index contributed by atoms with van der Waals surface area (Å²) in [5, 5.41) is 21.5. The van der Waals surface area contributed by atoms with Gasteiger partial charge in [-0.1, -0.05) is 0 Å². The number of benzene rings is 1. The lowest BCUT2D eigenvalue weighted by Gasteiger charge is -2.35. The van der Waals surface area contributed by atoms with Gasteiger partial charge in [0, 0.05) is 55.0 Å². The summed E-state index contributed by atoms with van der Waals surface area (Å²) in [7, 11) is 4.01. The van der Waals surface area contributed by atoms with E-state index in [9.17, 15) is 14.4 Å². The Balaban J connectivity index is 1.45. The number of hydrogen-bond donors (Lipinski definition) is 1. The van der Waals surface area contributed by atoms with E-state index < -0.39 is 5.95 Å². The molecule has 0 aliphatic carbocycles. The Morgan fingerprint density at radius 1 is 1.11 bits per heavy atom. The fraction of sp³-hybridized carbons (Fsp3) is 0.444. The first-order valence-corrected chi connectivity index (χ1v) is 12.7. The number of likely N-dealkylation sites (tertiary alicyclic amines) is 1. The maximum Gasteiger partial charge on any atom is 0.227 e. The highest BCUT2D eigenvalue weighted by Gasteiger charge is 2.28. The molecule has 2 aromatic heterocycles. The minimum Gasteiger partial charge on any atom is -0.370 e. The largest absolute Gasteiger partial charge is 0.370 e. The van der Waals surface area contributed by atoms with Crippen molar-refractivity contribution < 1.29 is 9.18 Å². The second kappa shape index (κ2) is 10.6. The molecule has 9 nitrogen and oxygen atoms in total. The van der Waals surface area contributed by atoms with Gasteiger partial charge < -0.3 is 19.7 Å². The molecular weight excluding hydrogens is 471 g/mol. The van der Waals surface area contributed by atoms with Crippen LogP contribution in [0.4, 0.5) is 15.8 Å². The Morgan fingerprint density at radius 2 is 1.86 bits per heavy atom. The molecule has 1 amide bonds. The van der Waals surface area contributed by atoms with Crippen molar-refractivity contribution in [3.63, 3.8) is 0 Å². The van der Waals surface area contributed by atoms with Gasteiger partial charge in [-0.3, -0.25) is 4.79 Å². The molecule has 1 aromatic carbocycles. The molecule has 0 unspecified atom stereocenters. The topological polar surface area (TPSA) is 103 Å². The van der Waals surface area contributed by atoms with Crippen molar-refractivity contribution in [2.75, 3.05) is 43.4 Å². The average molecular weight is 503 g/mol. The van der Waals surface area contributed by atoms with Crippen molar-refractivity contribution in [2.45, 2.75) is 31.6 Å². The molecule has 0 radical (unpaired) electrons. The maximum absolute atomic E-state index is 13.7. The number of halogens is 1. The fourth-order valence-electron chi connectivity index (χ4n) is 5.43. The van der Waals surface area contributed by atoms with E-state index in [1.54, 1.807) is 18.5 Å². The van der Waals surface area contributed by atoms with E-state index in [0.717, 1.165) is 68.9 Å². The van der Waals surface area contributed by atoms with Gasteiger partial charge in [-0.2, -0.15) is 9.65 Å². The first kappa shape index (κ1) is 24.8. The van der Waals surface area contributed by atoms with Gasteiger partial charge in [0.15, 0.2) is 0 Å². The van der Waals surface area contributed by atoms with Crippen LogP contribution in [0.5, 0.6) is 0 Å². The predicted octanol–water partition coefficient (Wildman–Crippen LogP) is 3.55. The van der Waals surface area contributed by atoms with Gasteiger partial charge in [-0.15, -0.1) is 10.2 Å². The van der Waals surface area contributed by atoms with Crippen molar-refractivity contribution in [1.29, 1.82) is 5.26 Å². The third-order valence-electron chi connectivity index (χ3n) is 7.55. The first-order valence-electron chi connectivity index (χ1n) is 12.7. The zero-order valence-electron chi connectivity index (χ0n) is 21.2. The molecule has 37 heavy (non-hydrogen) atoms. The Morgan fingerprint density at radius 3 is 2.49 bits per heavy atom. The van der Waals surface area contributed by atoms with Crippen LogP contribution in [0.3, 0.4) is 0 Å². The number of anilines is 2. The SMILES string of the molecule is CN1CCC(C(=O)Nc2cc(C#N)c(N3CCC(c4nncn4C)CC3)c(-c3ccc(F)nc3)c2)CC1. The van der Waals surface area contributed by atoms with Gasteiger partial charge in [-0.05, 0) is 70.1 Å². The smallest absolute Gasteiger partial charge is 0.227 e. The number of nitriles is 1. The second-order valence-electron chi connectivity index (χ2n) is 10.0. The van der Waals surface area contributed by atoms with Gasteiger partial charge in [0.05, 0.1) is 11.3 Å². The van der Waals surface area contributed by atoms with E-state index in [0.29, 0.717) is 22.7 Å². The normalized spacial score (nSPS) is 17.5. The van der Waals surface area contributed by atoms with Crippen LogP contribution < -0.4 is 10.2 Å². The van der Waals surface area contributed by atoms with Crippen LogP contribution in [0.25, 0.3) is 11.1 Å². The number of carbonyl (C=O) groups is 1. The van der Waals surface area contributed by atoms with Gasteiger partial charge >= 0.3 is 0 Å². The van der Waals surface area contributed by atoms with Crippen molar-refractivity contribution in [2.24, 2.45) is 13.0 Å². The predicted molar refractivity (Wildman–Crippen MR) is 138 cm³/mol. The zero-order chi connectivity index (χ0) is 25.9. The molecule has 3 aromatic rings. The lowest BCUT2D eigenvalue weighted by molar-refractivity contribution is -0.121. The monoisotopic (exact) mass is 502 g/mol. The summed E-state index contributed by atoms with van der Waals surface area (Å²) in [6.07, 6.45) is 6.54. The molecule has 10 heteroatoms. The molecule has 5 rings (SSSR count). The van der Waals surface area contributed by atoms with Gasteiger partial charge in [0.25, 0.3) is 0 Å². The number of nitrogens with one attached hydrogen (secondary N) is 1. The molecule has 0 atom stereocenters. The van der Waals surface area contributed by atoms with Crippen molar-refractivity contribution in [1.82, 2.24) is 24.6 Å². The quantitative estimate of drug-likeness (QED) is 0.532. The number of nitrogens with zero attached hydrogens (tertiary/aromatic N) is 7. The van der Waals surface area contributed by atoms with Crippen LogP contribution in [0.1, 0.15) is 43.0 Å². The lowest BCUT2D eigenvalue weighted by atomic mass is 9.92. The number of carbonyl (C=O) groups excluding carboxylic acids is 1. The Hall–Kier alpha value is -3.84. The van der Waals surface area contributed by atoms with E-state index in [2.05, 4.69) is 43.4 Å². The average Bonchev–Trinajstić information content (AvgIpc) is 3.35. The van der Waals surface area contributed by atoms with Gasteiger partial charge in [0.2, 0.25) is 11.9 Å². The molecule has 2 fully saturated rings. The number of piperidine rings is 2. The molecule has 0 spiro atoms. The maximum atomic E-state index is 13.7. The standard InChI is InChI=1S/C27H31FN8O/c1-34-9-5-19(6-10-34)27(37)32-22-13-21(15-29)25(23(14-22)20-3-4-24(28)30-16-20)36-11-7-18(8-12-36)26-33-31-17-35(26)2/h3-4,13-14,16-19H,5-12H2,1-2H3,(H,32,37). The Kier molecular flexibility index (Phi) is 7.15. The number of aryl methyl sites for hydroxylation is 1. The minimum absolute atomic E-state index is 0.0302. The van der Waals surface area contributed by atoms with E-state index in [1.165, 1.54) is 12.3 Å². The summed E-state index contributed by atoms with van der Waals surface area (Å²) in [5.41, 5.74) is 3.26. The molecule has 1 N–H and O–H groups in total. The summed E-state index contributed by atoms with van der Waals surface area (Å²) in [6.45, 7) is 3.23. The van der Waals surface area contributed by atoms with Crippen molar-refractivity contribution in [3.05, 3.63) is 54.1 Å². The Labute approximate surface area is 215 Å². The summed E-state index contributed by atoms with van der Waals surface area (Å²) in [5.74, 6) is 0.602. The minimum atomic E-state index is -0.568. The number of rotatable bonds is 5. The highest BCUT2D eigenvalue weighted by Crippen LogP contribution is 2.39. The number of hydrogen-bond acceptors (Lipinski definition) is 7. The number of aromatic nitrogens is 4. The highest BCUT2D eigenvalue weighted by molar-refractivity contribution is 5.95. The van der Waals surface area contributed by atoms with Crippen LogP contribution in [0.2, 0.25) is 0 Å². The first-order chi connectivity index (χ1) is 17.9. The van der Waals surface area contributed by atoms with Crippen LogP contribution in [-0.4, -0.2) is 63.8 Å². The molecule has 192 valence electrons. The molecule has 0 saturated carbocycles. The third-order valence-corrected chi connectivity index (χ3v) is 7.55. The highest BCUT2D eigenvalue weighted by atomic mass is 19.1. The van der Waals surface area contributed by atoms with Gasteiger partial charge in [-0.25, -0.2) is 4.98 Å². The fourth-order valence-corrected chi connectivity index (χ4v) is 5.43. The molecule has 4 heterocycles. The third kappa shape index (κ3) is 5.32. The molecule has 0 bridgehead atoms. The summed E-state index contributed by atoms with van der Waals surface area (Å²) < 4.78 is 15.6. The van der Waals surface area contributed by atoms with E-state index in [4.69, 9.17) is 0 Å². The summed E-state index contributed by atoms with van der Waals surface area (Å²) >= 11 is 0. The summed E-state index contributed by atoms with van der Waals surface area (Å²) in [6, 6.07) is 8.95. The summed E-state index contributed by atoms with van der Waals surface area (Å²) in [4.78, 5) is 21.3. The van der Waals surface area contributed by atoms with Crippen LogP contribution in [0, 0.1) is 23.2 Å². The molecule has 2 aliphatic rings. The number of pyridine rings is 1. The second-order valence-corrected chi connectivity index (χ2v) is 10.0. The van der Waals surface area contributed by atoms with E-state index >= 15 is 0 Å². The van der Waals surface area contributed by atoms with Crippen LogP contribution in [0.15, 0.2) is 36.8 Å². The zero-order valence-corrected chi connectivity index (χ0v) is 21.2. The lowest BCUT2D eigenvalue weighted by Crippen LogP contribution is -2.36. The number of amides is 1. The Bertz CT molecular complexity index is 1300. The van der Waals surface area contributed by atoms with Crippen LogP contribution >= 0.6 is 0 Å². The molecule has 2 aliphatic heterocycles. The molecular formula is C27H31FN8O. The van der Waals surface area contributed by atoms with Crippen molar-refractivity contribution in [3.8, 4) is 17.2 Å². The van der Waals surface area contributed by atoms with Gasteiger partial charge in [0.1, 0.15) is 18.2 Å². The van der Waals surface area contributed by atoms with E-state index in [1.807, 2.05) is 17.7 Å². The molecule has 2 saturated heterocycles.